The van der Waals surface area contributed by atoms with Crippen LogP contribution in [0.1, 0.15) is 15.2 Å². The molecule has 9 heteroatoms. The van der Waals surface area contributed by atoms with Crippen molar-refractivity contribution in [2.45, 2.75) is 6.92 Å². The molecule has 0 bridgehead atoms. The molecule has 7 nitrogen and oxygen atoms in total. The van der Waals surface area contributed by atoms with Crippen molar-refractivity contribution in [3.05, 3.63) is 62.8 Å². The molecule has 4 rings (SSSR count). The maximum atomic E-state index is 12.5. The highest BCUT2D eigenvalue weighted by atomic mass is 32.1. The standard InChI is InChI=1S/C18H14N4O3S2/c1-10-14(11-3-5-12(25-2)6-4-11)20-17(27-10)21-15(23)13-9-19-18-22(16(13)24)7-8-26-18/h3-9H,1-2H3,(H,20,21,23). The number of hydrogen-bond acceptors (Lipinski definition) is 7. The first kappa shape index (κ1) is 17.4. The monoisotopic (exact) mass is 398 g/mol. The van der Waals surface area contributed by atoms with Crippen LogP contribution in [-0.2, 0) is 0 Å². The van der Waals surface area contributed by atoms with Gasteiger partial charge in [0.1, 0.15) is 11.3 Å². The summed E-state index contributed by atoms with van der Waals surface area (Å²) in [5, 5.41) is 4.88. The van der Waals surface area contributed by atoms with Crippen LogP contribution in [0.25, 0.3) is 16.2 Å². The fourth-order valence-electron chi connectivity index (χ4n) is 2.61. The number of anilines is 1. The Morgan fingerprint density at radius 1 is 1.26 bits per heavy atom. The van der Waals surface area contributed by atoms with Crippen LogP contribution in [0.4, 0.5) is 5.13 Å². The summed E-state index contributed by atoms with van der Waals surface area (Å²) in [6, 6.07) is 7.53. The lowest BCUT2D eigenvalue weighted by Crippen LogP contribution is -2.25. The van der Waals surface area contributed by atoms with Gasteiger partial charge in [0.15, 0.2) is 10.1 Å². The van der Waals surface area contributed by atoms with Gasteiger partial charge in [-0.25, -0.2) is 9.97 Å². The van der Waals surface area contributed by atoms with Crippen molar-refractivity contribution in [2.75, 3.05) is 12.4 Å². The van der Waals surface area contributed by atoms with E-state index in [-0.39, 0.29) is 5.56 Å². The van der Waals surface area contributed by atoms with Crippen molar-refractivity contribution in [1.29, 1.82) is 0 Å². The van der Waals surface area contributed by atoms with E-state index in [1.807, 2.05) is 31.2 Å². The molecule has 0 spiro atoms. The van der Waals surface area contributed by atoms with Crippen LogP contribution in [0.3, 0.4) is 0 Å². The minimum Gasteiger partial charge on any atom is -0.497 e. The number of thiazole rings is 2. The second kappa shape index (κ2) is 6.93. The van der Waals surface area contributed by atoms with E-state index in [1.165, 1.54) is 33.3 Å². The van der Waals surface area contributed by atoms with Crippen molar-refractivity contribution < 1.29 is 9.53 Å². The minimum absolute atomic E-state index is 0.0234. The maximum Gasteiger partial charge on any atom is 0.271 e. The van der Waals surface area contributed by atoms with Crippen molar-refractivity contribution in [3.63, 3.8) is 0 Å². The van der Waals surface area contributed by atoms with E-state index in [9.17, 15) is 9.59 Å². The van der Waals surface area contributed by atoms with E-state index in [4.69, 9.17) is 4.74 Å². The number of nitrogens with one attached hydrogen (secondary N) is 1. The van der Waals surface area contributed by atoms with Gasteiger partial charge in [0, 0.05) is 28.2 Å². The van der Waals surface area contributed by atoms with Crippen LogP contribution in [0.5, 0.6) is 5.75 Å². The SMILES string of the molecule is COc1ccc(-c2nc(NC(=O)c3cnc4sccn4c3=O)sc2C)cc1. The molecule has 0 radical (unpaired) electrons. The molecule has 1 aromatic carbocycles. The number of fused-ring (bicyclic) bond motifs is 1. The summed E-state index contributed by atoms with van der Waals surface area (Å²) in [7, 11) is 1.61. The van der Waals surface area contributed by atoms with Crippen molar-refractivity contribution in [3.8, 4) is 17.0 Å². The van der Waals surface area contributed by atoms with Crippen molar-refractivity contribution in [2.24, 2.45) is 0 Å². The molecule has 0 aliphatic rings. The van der Waals surface area contributed by atoms with Gasteiger partial charge >= 0.3 is 0 Å². The Hall–Kier alpha value is -3.04. The number of amides is 1. The van der Waals surface area contributed by atoms with Crippen molar-refractivity contribution >= 4 is 38.7 Å². The summed E-state index contributed by atoms with van der Waals surface area (Å²) in [6.07, 6.45) is 2.90. The summed E-state index contributed by atoms with van der Waals surface area (Å²) in [6.45, 7) is 1.93. The van der Waals surface area contributed by atoms with Crippen LogP contribution in [0.15, 0.2) is 46.8 Å². The lowest BCUT2D eigenvalue weighted by molar-refractivity contribution is 0.102. The molecule has 0 unspecified atom stereocenters. The normalized spacial score (nSPS) is 10.9. The number of hydrogen-bond donors (Lipinski definition) is 1. The van der Waals surface area contributed by atoms with Gasteiger partial charge in [0.25, 0.3) is 11.5 Å². The Morgan fingerprint density at radius 2 is 2.04 bits per heavy atom. The number of aryl methyl sites for hydroxylation is 1. The third-order valence-electron chi connectivity index (χ3n) is 3.97. The number of ether oxygens (including phenoxy) is 1. The molecule has 4 aromatic rings. The van der Waals surface area contributed by atoms with Gasteiger partial charge in [-0.1, -0.05) is 0 Å². The zero-order chi connectivity index (χ0) is 19.0. The molecule has 0 saturated heterocycles. The Bertz CT molecular complexity index is 1190. The molecule has 0 saturated carbocycles. The molecule has 3 aromatic heterocycles. The molecule has 136 valence electrons. The van der Waals surface area contributed by atoms with Crippen LogP contribution >= 0.6 is 22.7 Å². The van der Waals surface area contributed by atoms with Gasteiger partial charge in [-0.05, 0) is 31.2 Å². The quantitative estimate of drug-likeness (QED) is 0.569. The highest BCUT2D eigenvalue weighted by Gasteiger charge is 2.17. The van der Waals surface area contributed by atoms with E-state index in [0.29, 0.717) is 10.1 Å². The van der Waals surface area contributed by atoms with E-state index in [1.54, 1.807) is 18.7 Å². The summed E-state index contributed by atoms with van der Waals surface area (Å²) in [4.78, 5) is 35.1. The lowest BCUT2D eigenvalue weighted by Gasteiger charge is -2.02. The van der Waals surface area contributed by atoms with E-state index < -0.39 is 11.5 Å². The first-order valence-corrected chi connectivity index (χ1v) is 9.64. The smallest absolute Gasteiger partial charge is 0.271 e. The molecule has 3 heterocycles. The number of carbonyl (C=O) groups excluding carboxylic acids is 1. The zero-order valence-electron chi connectivity index (χ0n) is 14.4. The zero-order valence-corrected chi connectivity index (χ0v) is 16.1. The Kier molecular flexibility index (Phi) is 4.46. The average Bonchev–Trinajstić information content (AvgIpc) is 3.29. The Morgan fingerprint density at radius 3 is 2.78 bits per heavy atom. The van der Waals surface area contributed by atoms with Crippen LogP contribution in [-0.4, -0.2) is 27.4 Å². The molecule has 0 atom stereocenters. The van der Waals surface area contributed by atoms with Crippen molar-refractivity contribution in [1.82, 2.24) is 14.4 Å². The fourth-order valence-corrected chi connectivity index (χ4v) is 4.12. The fraction of sp³-hybridized carbons (Fsp3) is 0.111. The molecular weight excluding hydrogens is 384 g/mol. The number of rotatable bonds is 4. The summed E-state index contributed by atoms with van der Waals surface area (Å²) in [5.41, 5.74) is 1.28. The summed E-state index contributed by atoms with van der Waals surface area (Å²) < 4.78 is 6.52. The van der Waals surface area contributed by atoms with Gasteiger partial charge < -0.3 is 4.74 Å². The lowest BCUT2D eigenvalue weighted by atomic mass is 10.1. The number of aromatic nitrogens is 3. The largest absolute Gasteiger partial charge is 0.497 e. The topological polar surface area (TPSA) is 85.6 Å². The summed E-state index contributed by atoms with van der Waals surface area (Å²) in [5.74, 6) is 0.236. The van der Waals surface area contributed by atoms with Crippen LogP contribution in [0.2, 0.25) is 0 Å². The average molecular weight is 398 g/mol. The molecule has 0 aliphatic carbocycles. The molecule has 1 N–H and O–H groups in total. The molecular formula is C18H14N4O3S2. The van der Waals surface area contributed by atoms with Crippen LogP contribution < -0.4 is 15.6 Å². The second-order valence-corrected chi connectivity index (χ2v) is 7.72. The highest BCUT2D eigenvalue weighted by Crippen LogP contribution is 2.31. The highest BCUT2D eigenvalue weighted by molar-refractivity contribution is 7.16. The van der Waals surface area contributed by atoms with Gasteiger partial charge in [-0.2, -0.15) is 0 Å². The maximum absolute atomic E-state index is 12.5. The minimum atomic E-state index is -0.525. The second-order valence-electron chi connectivity index (χ2n) is 5.64. The number of benzene rings is 1. The van der Waals surface area contributed by atoms with E-state index in [2.05, 4.69) is 15.3 Å². The van der Waals surface area contributed by atoms with Gasteiger partial charge in [0.2, 0.25) is 0 Å². The number of nitrogens with zero attached hydrogens (tertiary/aromatic N) is 3. The first-order chi connectivity index (χ1) is 13.1. The van der Waals surface area contributed by atoms with Gasteiger partial charge in [0.05, 0.1) is 12.8 Å². The van der Waals surface area contributed by atoms with E-state index in [0.717, 1.165) is 21.9 Å². The molecule has 1 amide bonds. The molecule has 0 fully saturated rings. The number of methoxy groups -OCH3 is 1. The van der Waals surface area contributed by atoms with Gasteiger partial charge in [-0.3, -0.25) is 19.3 Å². The predicted octanol–water partition coefficient (Wildman–Crippen LogP) is 3.45. The predicted molar refractivity (Wildman–Crippen MR) is 106 cm³/mol. The third kappa shape index (κ3) is 3.22. The third-order valence-corrected chi connectivity index (χ3v) is 5.62. The first-order valence-electron chi connectivity index (χ1n) is 7.95. The molecule has 27 heavy (non-hydrogen) atoms. The molecule has 0 aliphatic heterocycles. The van der Waals surface area contributed by atoms with Crippen LogP contribution in [0, 0.1) is 6.92 Å². The summed E-state index contributed by atoms with van der Waals surface area (Å²) >= 11 is 2.68. The van der Waals surface area contributed by atoms with Gasteiger partial charge in [-0.15, -0.1) is 22.7 Å². The van der Waals surface area contributed by atoms with E-state index >= 15 is 0 Å². The number of carbonyl (C=O) groups is 1. The Labute approximate surface area is 161 Å². The Balaban J connectivity index is 1.61.